The molecule has 0 amide bonds. The van der Waals surface area contributed by atoms with E-state index in [1.54, 1.807) is 4.68 Å². The van der Waals surface area contributed by atoms with Gasteiger partial charge in [0.1, 0.15) is 5.15 Å². The van der Waals surface area contributed by atoms with E-state index in [4.69, 9.17) is 17.3 Å². The van der Waals surface area contributed by atoms with Gasteiger partial charge >= 0.3 is 0 Å². The Morgan fingerprint density at radius 2 is 2.22 bits per heavy atom. The molecule has 1 aliphatic carbocycles. The van der Waals surface area contributed by atoms with E-state index in [1.165, 1.54) is 19.3 Å². The third kappa shape index (κ3) is 2.43. The number of aryl methyl sites for hydroxylation is 2. The van der Waals surface area contributed by atoms with Crippen molar-refractivity contribution in [3.05, 3.63) is 16.4 Å². The Bertz CT molecular complexity index is 427. The number of rotatable bonds is 3. The molecule has 0 bridgehead atoms. The largest absolute Gasteiger partial charge is 0.325 e. The van der Waals surface area contributed by atoms with Crippen molar-refractivity contribution in [2.24, 2.45) is 18.7 Å². The number of hydrogen-bond acceptors (Lipinski definition) is 2. The molecule has 2 atom stereocenters. The fourth-order valence-corrected chi connectivity index (χ4v) is 3.63. The van der Waals surface area contributed by atoms with Crippen molar-refractivity contribution in [2.75, 3.05) is 0 Å². The van der Waals surface area contributed by atoms with E-state index in [1.807, 2.05) is 14.0 Å². The Kier molecular flexibility index (Phi) is 4.02. The maximum Gasteiger partial charge on any atom is 0.130 e. The fraction of sp³-hybridized carbons (Fsp3) is 0.786. The lowest BCUT2D eigenvalue weighted by Crippen LogP contribution is -2.51. The average Bonchev–Trinajstić information content (AvgIpc) is 2.56. The first kappa shape index (κ1) is 13.9. The summed E-state index contributed by atoms with van der Waals surface area (Å²) in [4.78, 5) is 0. The minimum atomic E-state index is -0.0928. The van der Waals surface area contributed by atoms with Crippen LogP contribution in [0.1, 0.15) is 50.3 Å². The van der Waals surface area contributed by atoms with Crippen LogP contribution in [0, 0.1) is 12.8 Å². The summed E-state index contributed by atoms with van der Waals surface area (Å²) in [6.45, 7) is 4.27. The first-order valence-electron chi connectivity index (χ1n) is 6.95. The van der Waals surface area contributed by atoms with Crippen molar-refractivity contribution in [1.82, 2.24) is 9.78 Å². The first-order valence-corrected chi connectivity index (χ1v) is 7.32. The second-order valence-corrected chi connectivity index (χ2v) is 6.10. The van der Waals surface area contributed by atoms with Crippen LogP contribution in [0.4, 0.5) is 0 Å². The Morgan fingerprint density at radius 1 is 1.50 bits per heavy atom. The molecular weight excluding hydrogens is 246 g/mol. The van der Waals surface area contributed by atoms with Crippen molar-refractivity contribution in [3.8, 4) is 0 Å². The van der Waals surface area contributed by atoms with Gasteiger partial charge in [-0.15, -0.1) is 0 Å². The summed E-state index contributed by atoms with van der Waals surface area (Å²) in [5.41, 5.74) is 8.77. The molecule has 18 heavy (non-hydrogen) atoms. The van der Waals surface area contributed by atoms with Crippen LogP contribution < -0.4 is 5.73 Å². The van der Waals surface area contributed by atoms with Crippen LogP contribution in [0.25, 0.3) is 0 Å². The zero-order valence-electron chi connectivity index (χ0n) is 11.7. The van der Waals surface area contributed by atoms with E-state index in [0.717, 1.165) is 35.7 Å². The van der Waals surface area contributed by atoms with Crippen LogP contribution in [-0.2, 0) is 13.5 Å². The van der Waals surface area contributed by atoms with Crippen LogP contribution in [0.2, 0.25) is 5.15 Å². The number of nitrogens with zero attached hydrogens (tertiary/aromatic N) is 2. The van der Waals surface area contributed by atoms with E-state index < -0.39 is 0 Å². The molecule has 2 unspecified atom stereocenters. The van der Waals surface area contributed by atoms with Gasteiger partial charge in [0, 0.05) is 18.2 Å². The molecule has 3 nitrogen and oxygen atoms in total. The van der Waals surface area contributed by atoms with Crippen molar-refractivity contribution in [2.45, 2.75) is 57.9 Å². The van der Waals surface area contributed by atoms with Crippen molar-refractivity contribution >= 4 is 11.6 Å². The van der Waals surface area contributed by atoms with Gasteiger partial charge in [-0.1, -0.05) is 37.8 Å². The Hall–Kier alpha value is -0.540. The van der Waals surface area contributed by atoms with Gasteiger partial charge in [-0.05, 0) is 32.1 Å². The molecule has 1 aromatic heterocycles. The summed E-state index contributed by atoms with van der Waals surface area (Å²) in [5.74, 6) is 0.613. The van der Waals surface area contributed by atoms with Gasteiger partial charge in [0.25, 0.3) is 0 Å². The summed E-state index contributed by atoms with van der Waals surface area (Å²) >= 11 is 6.33. The molecule has 2 rings (SSSR count). The van der Waals surface area contributed by atoms with Crippen LogP contribution in [0.15, 0.2) is 0 Å². The summed E-state index contributed by atoms with van der Waals surface area (Å²) in [6, 6.07) is 0. The molecule has 0 radical (unpaired) electrons. The van der Waals surface area contributed by atoms with Crippen LogP contribution in [-0.4, -0.2) is 15.3 Å². The van der Waals surface area contributed by atoms with E-state index in [2.05, 4.69) is 12.0 Å². The summed E-state index contributed by atoms with van der Waals surface area (Å²) in [6.07, 6.45) is 6.94. The van der Waals surface area contributed by atoms with Crippen LogP contribution in [0.5, 0.6) is 0 Å². The Labute approximate surface area is 115 Å². The van der Waals surface area contributed by atoms with Crippen LogP contribution in [0.3, 0.4) is 0 Å². The SMILES string of the molecule is CCC1CCCCC1(N)Cc1c(C)nn(C)c1Cl. The number of halogens is 1. The molecule has 0 spiro atoms. The highest BCUT2D eigenvalue weighted by Crippen LogP contribution is 2.38. The van der Waals surface area contributed by atoms with Gasteiger partial charge in [-0.25, -0.2) is 0 Å². The zero-order chi connectivity index (χ0) is 13.3. The highest BCUT2D eigenvalue weighted by molar-refractivity contribution is 6.30. The lowest BCUT2D eigenvalue weighted by atomic mass is 9.69. The molecule has 4 heteroatoms. The molecule has 1 saturated carbocycles. The smallest absolute Gasteiger partial charge is 0.130 e. The minimum absolute atomic E-state index is 0.0928. The van der Waals surface area contributed by atoms with Crippen molar-refractivity contribution < 1.29 is 0 Å². The number of hydrogen-bond donors (Lipinski definition) is 1. The summed E-state index contributed by atoms with van der Waals surface area (Å²) < 4.78 is 1.75. The third-order valence-corrected chi connectivity index (χ3v) is 5.00. The second kappa shape index (κ2) is 5.22. The molecular formula is C14H24ClN3. The molecule has 1 aromatic rings. The topological polar surface area (TPSA) is 43.8 Å². The van der Waals surface area contributed by atoms with Gasteiger partial charge in [-0.2, -0.15) is 5.10 Å². The van der Waals surface area contributed by atoms with E-state index in [0.29, 0.717) is 5.92 Å². The summed E-state index contributed by atoms with van der Waals surface area (Å²) in [5, 5.41) is 5.14. The van der Waals surface area contributed by atoms with Gasteiger partial charge in [0.05, 0.1) is 5.69 Å². The molecule has 102 valence electrons. The van der Waals surface area contributed by atoms with Gasteiger partial charge in [0.2, 0.25) is 0 Å². The molecule has 1 fully saturated rings. The van der Waals surface area contributed by atoms with E-state index in [-0.39, 0.29) is 5.54 Å². The van der Waals surface area contributed by atoms with Gasteiger partial charge in [0.15, 0.2) is 0 Å². The van der Waals surface area contributed by atoms with E-state index in [9.17, 15) is 0 Å². The number of aromatic nitrogens is 2. The highest BCUT2D eigenvalue weighted by atomic mass is 35.5. The standard InChI is InChI=1S/C14H24ClN3/c1-4-11-7-5-6-8-14(11,16)9-12-10(2)17-18(3)13(12)15/h11H,4-9,16H2,1-3H3. The maximum atomic E-state index is 6.70. The molecule has 0 saturated heterocycles. The molecule has 0 aliphatic heterocycles. The molecule has 2 N–H and O–H groups in total. The lowest BCUT2D eigenvalue weighted by Gasteiger charge is -2.41. The van der Waals surface area contributed by atoms with Gasteiger partial charge < -0.3 is 5.73 Å². The molecule has 1 aliphatic rings. The Balaban J connectivity index is 2.25. The average molecular weight is 270 g/mol. The van der Waals surface area contributed by atoms with E-state index >= 15 is 0 Å². The molecule has 1 heterocycles. The third-order valence-electron chi connectivity index (χ3n) is 4.53. The zero-order valence-corrected chi connectivity index (χ0v) is 12.4. The minimum Gasteiger partial charge on any atom is -0.325 e. The first-order chi connectivity index (χ1) is 8.48. The van der Waals surface area contributed by atoms with Gasteiger partial charge in [-0.3, -0.25) is 4.68 Å². The summed E-state index contributed by atoms with van der Waals surface area (Å²) in [7, 11) is 1.89. The molecule has 0 aromatic carbocycles. The normalized spacial score (nSPS) is 28.6. The highest BCUT2D eigenvalue weighted by Gasteiger charge is 2.37. The second-order valence-electron chi connectivity index (χ2n) is 5.74. The Morgan fingerprint density at radius 3 is 2.78 bits per heavy atom. The predicted molar refractivity (Wildman–Crippen MR) is 75.8 cm³/mol. The predicted octanol–water partition coefficient (Wildman–Crippen LogP) is 3.22. The fourth-order valence-electron chi connectivity index (χ4n) is 3.38. The maximum absolute atomic E-state index is 6.70. The lowest BCUT2D eigenvalue weighted by molar-refractivity contribution is 0.182. The van der Waals surface area contributed by atoms with Crippen LogP contribution >= 0.6 is 11.6 Å². The number of nitrogens with two attached hydrogens (primary N) is 1. The van der Waals surface area contributed by atoms with Crippen molar-refractivity contribution in [3.63, 3.8) is 0 Å². The quantitative estimate of drug-likeness (QED) is 0.916. The van der Waals surface area contributed by atoms with Crippen molar-refractivity contribution in [1.29, 1.82) is 0 Å². The monoisotopic (exact) mass is 269 g/mol.